The molecule has 0 aromatic heterocycles. The van der Waals surface area contributed by atoms with Crippen molar-refractivity contribution >= 4 is 26.7 Å². The lowest BCUT2D eigenvalue weighted by Gasteiger charge is -2.31. The summed E-state index contributed by atoms with van der Waals surface area (Å²) in [7, 11) is -0.924. The van der Waals surface area contributed by atoms with Gasteiger partial charge >= 0.3 is 0 Å². The second-order valence-corrected chi connectivity index (χ2v) is 7.61. The molecule has 0 spiro atoms. The minimum absolute atomic E-state index is 0.249. The Labute approximate surface area is 127 Å². The van der Waals surface area contributed by atoms with Crippen LogP contribution in [0.5, 0.6) is 0 Å². The first-order chi connectivity index (χ1) is 9.24. The van der Waals surface area contributed by atoms with Crippen molar-refractivity contribution in [2.75, 3.05) is 6.54 Å². The molecule has 0 saturated heterocycles. The predicted molar refractivity (Wildman–Crippen MR) is 84.9 cm³/mol. The van der Waals surface area contributed by atoms with E-state index < -0.39 is 10.8 Å². The van der Waals surface area contributed by atoms with Crippen molar-refractivity contribution in [3.8, 4) is 0 Å². The number of hydrogen-bond acceptors (Lipinski definition) is 2. The smallest absolute Gasteiger partial charge is 0.0588 e. The third kappa shape index (κ3) is 3.89. The molecule has 1 saturated carbocycles. The van der Waals surface area contributed by atoms with Crippen molar-refractivity contribution in [3.63, 3.8) is 0 Å². The summed E-state index contributed by atoms with van der Waals surface area (Å²) in [6.45, 7) is 3.20. The predicted octanol–water partition coefficient (Wildman–Crippen LogP) is 3.87. The number of halogens is 1. The molecule has 2 rings (SSSR count). The number of hydrogen-bond donors (Lipinski definition) is 1. The SMILES string of the molecule is CCCNC1CCCCC1S(=O)c1ccccc1Br. The Bertz CT molecular complexity index is 438. The van der Waals surface area contributed by atoms with Gasteiger partial charge in [-0.1, -0.05) is 31.9 Å². The van der Waals surface area contributed by atoms with E-state index >= 15 is 0 Å². The molecule has 1 aliphatic carbocycles. The topological polar surface area (TPSA) is 29.1 Å². The van der Waals surface area contributed by atoms with Crippen molar-refractivity contribution in [1.29, 1.82) is 0 Å². The van der Waals surface area contributed by atoms with Gasteiger partial charge in [0.2, 0.25) is 0 Å². The summed E-state index contributed by atoms with van der Waals surface area (Å²) in [5.74, 6) is 0. The molecule has 0 heterocycles. The van der Waals surface area contributed by atoms with E-state index in [9.17, 15) is 4.21 Å². The Kier molecular flexibility index (Phi) is 6.05. The lowest BCUT2D eigenvalue weighted by atomic mass is 9.95. The van der Waals surface area contributed by atoms with Crippen LogP contribution in [-0.4, -0.2) is 22.0 Å². The van der Waals surface area contributed by atoms with Crippen LogP contribution in [0, 0.1) is 0 Å². The molecule has 0 aliphatic heterocycles. The van der Waals surface area contributed by atoms with Crippen LogP contribution in [0.2, 0.25) is 0 Å². The maximum absolute atomic E-state index is 12.8. The molecule has 2 nitrogen and oxygen atoms in total. The van der Waals surface area contributed by atoms with Crippen LogP contribution in [0.3, 0.4) is 0 Å². The van der Waals surface area contributed by atoms with Crippen molar-refractivity contribution in [2.24, 2.45) is 0 Å². The molecule has 1 aromatic rings. The van der Waals surface area contributed by atoms with E-state index in [1.54, 1.807) is 0 Å². The summed E-state index contributed by atoms with van der Waals surface area (Å²) >= 11 is 3.52. The summed E-state index contributed by atoms with van der Waals surface area (Å²) < 4.78 is 13.8. The van der Waals surface area contributed by atoms with Crippen LogP contribution >= 0.6 is 15.9 Å². The summed E-state index contributed by atoms with van der Waals surface area (Å²) in [5, 5.41) is 3.83. The van der Waals surface area contributed by atoms with Crippen LogP contribution in [0.1, 0.15) is 39.0 Å². The zero-order valence-corrected chi connectivity index (χ0v) is 13.8. The second kappa shape index (κ2) is 7.55. The molecule has 1 aliphatic rings. The summed E-state index contributed by atoms with van der Waals surface area (Å²) in [5.41, 5.74) is 0. The van der Waals surface area contributed by atoms with Gasteiger partial charge < -0.3 is 5.32 Å². The molecule has 106 valence electrons. The van der Waals surface area contributed by atoms with Gasteiger partial charge in [0, 0.05) is 10.5 Å². The molecule has 1 N–H and O–H groups in total. The van der Waals surface area contributed by atoms with Gasteiger partial charge in [0.15, 0.2) is 0 Å². The minimum Gasteiger partial charge on any atom is -0.313 e. The van der Waals surface area contributed by atoms with E-state index in [1.165, 1.54) is 12.8 Å². The monoisotopic (exact) mass is 343 g/mol. The molecular formula is C15H22BrNOS. The Hall–Kier alpha value is -0.190. The number of benzene rings is 1. The fraction of sp³-hybridized carbons (Fsp3) is 0.600. The maximum Gasteiger partial charge on any atom is 0.0588 e. The zero-order chi connectivity index (χ0) is 13.7. The highest BCUT2D eigenvalue weighted by atomic mass is 79.9. The largest absolute Gasteiger partial charge is 0.313 e. The molecular weight excluding hydrogens is 322 g/mol. The standard InChI is InChI=1S/C15H22BrNOS/c1-2-11-17-13-8-4-6-10-15(13)19(18)14-9-5-3-7-12(14)16/h3,5,7,9,13,15,17H,2,4,6,8,10-11H2,1H3. The van der Waals surface area contributed by atoms with Crippen LogP contribution in [0.25, 0.3) is 0 Å². The van der Waals surface area contributed by atoms with Crippen LogP contribution in [0.15, 0.2) is 33.6 Å². The fourth-order valence-corrected chi connectivity index (χ4v) is 5.16. The third-order valence-corrected chi connectivity index (χ3v) is 6.55. The highest BCUT2D eigenvalue weighted by Crippen LogP contribution is 2.29. The van der Waals surface area contributed by atoms with E-state index in [4.69, 9.17) is 0 Å². The van der Waals surface area contributed by atoms with Gasteiger partial charge in [-0.2, -0.15) is 0 Å². The molecule has 0 bridgehead atoms. The normalized spacial score (nSPS) is 25.2. The van der Waals surface area contributed by atoms with Gasteiger partial charge in [0.05, 0.1) is 20.9 Å². The van der Waals surface area contributed by atoms with Crippen LogP contribution in [-0.2, 0) is 10.8 Å². The first-order valence-corrected chi connectivity index (χ1v) is 9.13. The van der Waals surface area contributed by atoms with E-state index in [0.717, 1.165) is 35.2 Å². The highest BCUT2D eigenvalue weighted by Gasteiger charge is 2.30. The Balaban J connectivity index is 2.13. The Morgan fingerprint density at radius 2 is 2.05 bits per heavy atom. The fourth-order valence-electron chi connectivity index (χ4n) is 2.69. The first-order valence-electron chi connectivity index (χ1n) is 7.12. The lowest BCUT2D eigenvalue weighted by molar-refractivity contribution is 0.379. The van der Waals surface area contributed by atoms with E-state index in [1.807, 2.05) is 24.3 Å². The summed E-state index contributed by atoms with van der Waals surface area (Å²) in [6.07, 6.45) is 5.80. The Morgan fingerprint density at radius 1 is 1.32 bits per heavy atom. The number of rotatable bonds is 5. The van der Waals surface area contributed by atoms with Crippen LogP contribution in [0.4, 0.5) is 0 Å². The summed E-state index contributed by atoms with van der Waals surface area (Å²) in [4.78, 5) is 0.942. The average Bonchev–Trinajstić information content (AvgIpc) is 2.45. The number of nitrogens with one attached hydrogen (secondary N) is 1. The lowest BCUT2D eigenvalue weighted by Crippen LogP contribution is -2.44. The maximum atomic E-state index is 12.8. The second-order valence-electron chi connectivity index (χ2n) is 5.11. The van der Waals surface area contributed by atoms with Gasteiger partial charge in [-0.25, -0.2) is 0 Å². The molecule has 1 aromatic carbocycles. The molecule has 3 unspecified atom stereocenters. The molecule has 19 heavy (non-hydrogen) atoms. The quantitative estimate of drug-likeness (QED) is 0.879. The van der Waals surface area contributed by atoms with Crippen molar-refractivity contribution in [1.82, 2.24) is 5.32 Å². The van der Waals surface area contributed by atoms with E-state index in [0.29, 0.717) is 6.04 Å². The van der Waals surface area contributed by atoms with Gasteiger partial charge in [0.25, 0.3) is 0 Å². The van der Waals surface area contributed by atoms with Gasteiger partial charge in [-0.15, -0.1) is 0 Å². The van der Waals surface area contributed by atoms with Crippen LogP contribution < -0.4 is 5.32 Å². The minimum atomic E-state index is -0.924. The van der Waals surface area contributed by atoms with Crippen molar-refractivity contribution in [2.45, 2.75) is 55.2 Å². The Morgan fingerprint density at radius 3 is 2.79 bits per heavy atom. The van der Waals surface area contributed by atoms with E-state index in [2.05, 4.69) is 28.2 Å². The van der Waals surface area contributed by atoms with Crippen molar-refractivity contribution < 1.29 is 4.21 Å². The first kappa shape index (κ1) is 15.2. The zero-order valence-electron chi connectivity index (χ0n) is 11.4. The average molecular weight is 344 g/mol. The summed E-state index contributed by atoms with van der Waals surface area (Å²) in [6, 6.07) is 8.30. The van der Waals surface area contributed by atoms with Gasteiger partial charge in [0.1, 0.15) is 0 Å². The molecule has 1 fully saturated rings. The van der Waals surface area contributed by atoms with Gasteiger partial charge in [-0.3, -0.25) is 4.21 Å². The molecule has 3 atom stereocenters. The molecule has 0 radical (unpaired) electrons. The highest BCUT2D eigenvalue weighted by molar-refractivity contribution is 9.10. The molecule has 0 amide bonds. The van der Waals surface area contributed by atoms with Gasteiger partial charge in [-0.05, 0) is 53.9 Å². The van der Waals surface area contributed by atoms with E-state index in [-0.39, 0.29) is 5.25 Å². The third-order valence-electron chi connectivity index (χ3n) is 3.69. The van der Waals surface area contributed by atoms with Crippen molar-refractivity contribution in [3.05, 3.63) is 28.7 Å². The molecule has 4 heteroatoms.